The van der Waals surface area contributed by atoms with Crippen molar-refractivity contribution in [1.82, 2.24) is 10.2 Å². The van der Waals surface area contributed by atoms with Crippen molar-refractivity contribution in [3.05, 3.63) is 93.1 Å². The average Bonchev–Trinajstić information content (AvgIpc) is 3.21. The van der Waals surface area contributed by atoms with Gasteiger partial charge in [-0.05, 0) is 49.4 Å². The van der Waals surface area contributed by atoms with E-state index in [0.29, 0.717) is 16.3 Å². The molecule has 0 spiro atoms. The fourth-order valence-electron chi connectivity index (χ4n) is 4.08. The van der Waals surface area contributed by atoms with Gasteiger partial charge in [-0.25, -0.2) is 9.79 Å². The highest BCUT2D eigenvalue weighted by molar-refractivity contribution is 8.16. The Bertz CT molecular complexity index is 1180. The summed E-state index contributed by atoms with van der Waals surface area (Å²) >= 11 is 7.57. The molecule has 34 heavy (non-hydrogen) atoms. The monoisotopic (exact) mass is 495 g/mol. The Hall–Kier alpha value is -3.03. The third-order valence-corrected chi connectivity index (χ3v) is 6.84. The standard InChI is InChI=1S/C26H26ClN3O3S/c1-4-33-25(32)23-17(3)29-26-30(24(23)19-10-12-20(27)13-11-19)21(15-34-26)14-22(31)28-16(2)18-8-6-5-7-9-18/h5-13,15-16,24H,4,14H2,1-3H3,(H,28,31)/t16-,24+/m1/s1. The highest BCUT2D eigenvalue weighted by Crippen LogP contribution is 2.45. The SMILES string of the molecule is CCOC(=O)C1=C(C)N=C2SC=C(CC(=O)N[C@H](C)c3ccccc3)N2[C@H]1c1ccc(Cl)cc1. The first-order valence-electron chi connectivity index (χ1n) is 11.1. The molecular weight excluding hydrogens is 470 g/mol. The number of aliphatic imine (C=N–C) groups is 1. The predicted octanol–water partition coefficient (Wildman–Crippen LogP) is 5.75. The lowest BCUT2D eigenvalue weighted by Crippen LogP contribution is -2.38. The molecule has 2 aliphatic rings. The third kappa shape index (κ3) is 5.05. The third-order valence-electron chi connectivity index (χ3n) is 5.70. The van der Waals surface area contributed by atoms with Gasteiger partial charge in [-0.15, -0.1) is 0 Å². The fraction of sp³-hybridized carbons (Fsp3) is 0.269. The summed E-state index contributed by atoms with van der Waals surface area (Å²) in [6.45, 7) is 5.81. The number of allylic oxidation sites excluding steroid dienone is 1. The van der Waals surface area contributed by atoms with Crippen LogP contribution in [0.25, 0.3) is 0 Å². The van der Waals surface area contributed by atoms with E-state index in [-0.39, 0.29) is 25.0 Å². The Kier molecular flexibility index (Phi) is 7.44. The molecule has 0 aliphatic carbocycles. The van der Waals surface area contributed by atoms with E-state index in [2.05, 4.69) is 10.3 Å². The molecule has 0 bridgehead atoms. The number of thioether (sulfide) groups is 1. The van der Waals surface area contributed by atoms with Gasteiger partial charge >= 0.3 is 5.97 Å². The lowest BCUT2D eigenvalue weighted by molar-refractivity contribution is -0.139. The van der Waals surface area contributed by atoms with Crippen LogP contribution in [0.4, 0.5) is 0 Å². The number of nitrogens with one attached hydrogen (secondary N) is 1. The van der Waals surface area contributed by atoms with Gasteiger partial charge in [0.15, 0.2) is 5.17 Å². The van der Waals surface area contributed by atoms with Crippen LogP contribution in [0.3, 0.4) is 0 Å². The number of benzene rings is 2. The minimum Gasteiger partial charge on any atom is -0.463 e. The number of halogens is 1. The normalized spacial score (nSPS) is 18.1. The number of carbonyl (C=O) groups excluding carboxylic acids is 2. The van der Waals surface area contributed by atoms with Crippen molar-refractivity contribution >= 4 is 40.4 Å². The van der Waals surface area contributed by atoms with Gasteiger partial charge in [0.1, 0.15) is 0 Å². The van der Waals surface area contributed by atoms with Gasteiger partial charge in [-0.3, -0.25) is 4.79 Å². The van der Waals surface area contributed by atoms with Gasteiger partial charge in [0.25, 0.3) is 0 Å². The van der Waals surface area contributed by atoms with Gasteiger partial charge in [-0.2, -0.15) is 0 Å². The smallest absolute Gasteiger partial charge is 0.338 e. The van der Waals surface area contributed by atoms with E-state index in [0.717, 1.165) is 22.0 Å². The van der Waals surface area contributed by atoms with E-state index in [1.165, 1.54) is 11.8 Å². The lowest BCUT2D eigenvalue weighted by Gasteiger charge is -2.36. The summed E-state index contributed by atoms with van der Waals surface area (Å²) < 4.78 is 5.37. The van der Waals surface area contributed by atoms with Crippen molar-refractivity contribution in [2.24, 2.45) is 4.99 Å². The van der Waals surface area contributed by atoms with E-state index >= 15 is 0 Å². The second kappa shape index (κ2) is 10.5. The first-order valence-corrected chi connectivity index (χ1v) is 12.4. The van der Waals surface area contributed by atoms with Crippen LogP contribution in [0.2, 0.25) is 5.02 Å². The highest BCUT2D eigenvalue weighted by Gasteiger charge is 2.41. The fourth-order valence-corrected chi connectivity index (χ4v) is 5.17. The van der Waals surface area contributed by atoms with Crippen LogP contribution in [-0.2, 0) is 14.3 Å². The molecule has 2 atom stereocenters. The molecule has 0 saturated heterocycles. The highest BCUT2D eigenvalue weighted by atomic mass is 35.5. The van der Waals surface area contributed by atoms with Crippen molar-refractivity contribution in [3.8, 4) is 0 Å². The molecule has 2 aromatic rings. The van der Waals surface area contributed by atoms with E-state index in [4.69, 9.17) is 16.3 Å². The van der Waals surface area contributed by atoms with Crippen molar-refractivity contribution in [1.29, 1.82) is 0 Å². The van der Waals surface area contributed by atoms with Crippen LogP contribution in [0.1, 0.15) is 50.4 Å². The summed E-state index contributed by atoms with van der Waals surface area (Å²) in [5.74, 6) is -0.524. The van der Waals surface area contributed by atoms with Gasteiger partial charge < -0.3 is 15.0 Å². The van der Waals surface area contributed by atoms with Crippen LogP contribution in [-0.4, -0.2) is 28.6 Å². The second-order valence-electron chi connectivity index (χ2n) is 8.04. The number of ether oxygens (including phenoxy) is 1. The molecule has 176 valence electrons. The molecule has 6 nitrogen and oxygen atoms in total. The zero-order valence-corrected chi connectivity index (χ0v) is 20.8. The van der Waals surface area contributed by atoms with Crippen LogP contribution in [0, 0.1) is 0 Å². The van der Waals surface area contributed by atoms with Crippen molar-refractivity contribution in [2.45, 2.75) is 39.3 Å². The quantitative estimate of drug-likeness (QED) is 0.495. The van der Waals surface area contributed by atoms with Crippen molar-refractivity contribution in [3.63, 3.8) is 0 Å². The Morgan fingerprint density at radius 2 is 1.88 bits per heavy atom. The zero-order valence-electron chi connectivity index (χ0n) is 19.2. The number of carbonyl (C=O) groups is 2. The van der Waals surface area contributed by atoms with E-state index in [1.807, 2.05) is 66.6 Å². The predicted molar refractivity (Wildman–Crippen MR) is 136 cm³/mol. The molecule has 0 unspecified atom stereocenters. The van der Waals surface area contributed by atoms with Crippen molar-refractivity contribution < 1.29 is 14.3 Å². The molecule has 0 fully saturated rings. The maximum atomic E-state index is 13.0. The topological polar surface area (TPSA) is 71.0 Å². The van der Waals surface area contributed by atoms with Crippen LogP contribution in [0.15, 0.2) is 82.0 Å². The average molecular weight is 496 g/mol. The first kappa shape index (κ1) is 24.1. The maximum absolute atomic E-state index is 13.0. The zero-order chi connectivity index (χ0) is 24.2. The molecule has 0 saturated carbocycles. The molecule has 2 aliphatic heterocycles. The van der Waals surface area contributed by atoms with Crippen molar-refractivity contribution in [2.75, 3.05) is 6.61 Å². The van der Waals surface area contributed by atoms with Gasteiger partial charge in [0, 0.05) is 10.7 Å². The molecule has 2 aromatic carbocycles. The molecule has 4 rings (SSSR count). The van der Waals surface area contributed by atoms with Crippen LogP contribution in [0.5, 0.6) is 0 Å². The number of amides is 1. The molecule has 8 heteroatoms. The number of nitrogens with zero attached hydrogens (tertiary/aromatic N) is 2. The maximum Gasteiger partial charge on any atom is 0.338 e. The van der Waals surface area contributed by atoms with Crippen LogP contribution < -0.4 is 5.32 Å². The first-order chi connectivity index (χ1) is 16.4. The Balaban J connectivity index is 1.62. The summed E-state index contributed by atoms with van der Waals surface area (Å²) in [5, 5.41) is 6.32. The van der Waals surface area contributed by atoms with E-state index in [9.17, 15) is 9.59 Å². The summed E-state index contributed by atoms with van der Waals surface area (Å²) in [7, 11) is 0. The number of hydrogen-bond donors (Lipinski definition) is 1. The second-order valence-corrected chi connectivity index (χ2v) is 9.31. The van der Waals surface area contributed by atoms with E-state index in [1.54, 1.807) is 19.1 Å². The molecule has 1 amide bonds. The Labute approximate surface area is 208 Å². The summed E-state index contributed by atoms with van der Waals surface area (Å²) in [6, 6.07) is 16.6. The molecule has 0 aromatic heterocycles. The number of amidine groups is 1. The number of hydrogen-bond acceptors (Lipinski definition) is 6. The Morgan fingerprint density at radius 1 is 1.18 bits per heavy atom. The summed E-state index contributed by atoms with van der Waals surface area (Å²) in [5.41, 5.74) is 3.74. The van der Waals surface area contributed by atoms with Gasteiger partial charge in [0.05, 0.1) is 36.4 Å². The van der Waals surface area contributed by atoms with Gasteiger partial charge in [-0.1, -0.05) is 65.8 Å². The largest absolute Gasteiger partial charge is 0.463 e. The summed E-state index contributed by atoms with van der Waals surface area (Å²) in [4.78, 5) is 32.6. The van der Waals surface area contributed by atoms with Gasteiger partial charge in [0.2, 0.25) is 5.91 Å². The number of rotatable bonds is 7. The molecule has 2 heterocycles. The Morgan fingerprint density at radius 3 is 2.56 bits per heavy atom. The summed E-state index contributed by atoms with van der Waals surface area (Å²) in [6.07, 6.45) is 0.155. The molecule has 1 N–H and O–H groups in total. The molecular formula is C26H26ClN3O3S. The lowest BCUT2D eigenvalue weighted by atomic mass is 9.94. The number of esters is 1. The molecule has 0 radical (unpaired) electrons. The minimum atomic E-state index is -0.468. The number of fused-ring (bicyclic) bond motifs is 1. The minimum absolute atomic E-state index is 0.108. The van der Waals surface area contributed by atoms with Crippen LogP contribution >= 0.6 is 23.4 Å². The van der Waals surface area contributed by atoms with E-state index < -0.39 is 12.0 Å².